The molecule has 0 aromatic heterocycles. The molecule has 110 valence electrons. The van der Waals surface area contributed by atoms with Crippen LogP contribution in [0.1, 0.15) is 26.7 Å². The first-order valence-corrected chi connectivity index (χ1v) is 6.40. The first-order chi connectivity index (χ1) is 9.45. The zero-order valence-corrected chi connectivity index (χ0v) is 11.6. The van der Waals surface area contributed by atoms with Gasteiger partial charge in [0.15, 0.2) is 5.75 Å². The fourth-order valence-corrected chi connectivity index (χ4v) is 1.77. The standard InChI is InChI=1S/C13H19N3O4/c1-3-7-20-11-6-4-5-10(13(11)16(18)19)15-9(2)8-12(14)17/h4-6,9,15H,3,7-8H2,1-2H3,(H2,14,17). The fourth-order valence-electron chi connectivity index (χ4n) is 1.77. The van der Waals surface area contributed by atoms with Gasteiger partial charge in [-0.25, -0.2) is 0 Å². The van der Waals surface area contributed by atoms with E-state index in [1.165, 1.54) is 0 Å². The summed E-state index contributed by atoms with van der Waals surface area (Å²) in [7, 11) is 0. The minimum absolute atomic E-state index is 0.0944. The van der Waals surface area contributed by atoms with Crippen LogP contribution in [0, 0.1) is 10.1 Å². The van der Waals surface area contributed by atoms with Gasteiger partial charge in [-0.1, -0.05) is 13.0 Å². The Labute approximate surface area is 117 Å². The van der Waals surface area contributed by atoms with E-state index < -0.39 is 10.8 Å². The van der Waals surface area contributed by atoms with E-state index in [4.69, 9.17) is 10.5 Å². The van der Waals surface area contributed by atoms with E-state index in [2.05, 4.69) is 5.32 Å². The SMILES string of the molecule is CCCOc1cccc(NC(C)CC(N)=O)c1[N+](=O)[O-]. The van der Waals surface area contributed by atoms with Crippen molar-refractivity contribution in [3.63, 3.8) is 0 Å². The summed E-state index contributed by atoms with van der Waals surface area (Å²) in [4.78, 5) is 21.6. The van der Waals surface area contributed by atoms with E-state index in [-0.39, 0.29) is 23.9 Å². The lowest BCUT2D eigenvalue weighted by molar-refractivity contribution is -0.385. The molecule has 3 N–H and O–H groups in total. The molecule has 7 heteroatoms. The smallest absolute Gasteiger partial charge is 0.333 e. The Morgan fingerprint density at radius 1 is 1.55 bits per heavy atom. The van der Waals surface area contributed by atoms with Crippen LogP contribution in [0.3, 0.4) is 0 Å². The molecule has 1 unspecified atom stereocenters. The number of carbonyl (C=O) groups excluding carboxylic acids is 1. The van der Waals surface area contributed by atoms with Crippen molar-refractivity contribution in [2.45, 2.75) is 32.7 Å². The number of benzene rings is 1. The molecule has 1 aromatic rings. The van der Waals surface area contributed by atoms with Gasteiger partial charge < -0.3 is 15.8 Å². The summed E-state index contributed by atoms with van der Waals surface area (Å²) in [6.07, 6.45) is 0.851. The van der Waals surface area contributed by atoms with Gasteiger partial charge in [0.1, 0.15) is 5.69 Å². The maximum absolute atomic E-state index is 11.2. The summed E-state index contributed by atoms with van der Waals surface area (Å²) < 4.78 is 5.38. The van der Waals surface area contributed by atoms with Crippen molar-refractivity contribution in [2.24, 2.45) is 5.73 Å². The average Bonchev–Trinajstić information content (AvgIpc) is 2.34. The van der Waals surface area contributed by atoms with Crippen molar-refractivity contribution in [1.82, 2.24) is 0 Å². The second kappa shape index (κ2) is 7.32. The Kier molecular flexibility index (Phi) is 5.76. The minimum atomic E-state index is -0.496. The van der Waals surface area contributed by atoms with Crippen LogP contribution in [-0.4, -0.2) is 23.5 Å². The normalized spacial score (nSPS) is 11.7. The fraction of sp³-hybridized carbons (Fsp3) is 0.462. The van der Waals surface area contributed by atoms with Crippen molar-refractivity contribution >= 4 is 17.3 Å². The summed E-state index contributed by atoms with van der Waals surface area (Å²) in [6.45, 7) is 4.05. The van der Waals surface area contributed by atoms with Crippen molar-refractivity contribution in [1.29, 1.82) is 0 Å². The number of carbonyl (C=O) groups is 1. The monoisotopic (exact) mass is 281 g/mol. The molecular formula is C13H19N3O4. The van der Waals surface area contributed by atoms with Crippen LogP contribution in [-0.2, 0) is 4.79 Å². The highest BCUT2D eigenvalue weighted by Crippen LogP contribution is 2.35. The summed E-state index contributed by atoms with van der Waals surface area (Å²) in [6, 6.07) is 4.50. The van der Waals surface area contributed by atoms with Crippen LogP contribution in [0.4, 0.5) is 11.4 Å². The third-order valence-electron chi connectivity index (χ3n) is 2.55. The molecule has 1 atom stereocenters. The van der Waals surface area contributed by atoms with Crippen molar-refractivity contribution in [3.8, 4) is 5.75 Å². The molecule has 0 spiro atoms. The quantitative estimate of drug-likeness (QED) is 0.560. The molecule has 1 amide bonds. The highest BCUT2D eigenvalue weighted by Gasteiger charge is 2.22. The van der Waals surface area contributed by atoms with Gasteiger partial charge in [-0.2, -0.15) is 0 Å². The van der Waals surface area contributed by atoms with Gasteiger partial charge in [0, 0.05) is 12.5 Å². The highest BCUT2D eigenvalue weighted by atomic mass is 16.6. The van der Waals surface area contributed by atoms with Crippen molar-refractivity contribution in [3.05, 3.63) is 28.3 Å². The molecule has 20 heavy (non-hydrogen) atoms. The molecule has 0 radical (unpaired) electrons. The molecule has 1 rings (SSSR count). The van der Waals surface area contributed by atoms with Crippen LogP contribution in [0.15, 0.2) is 18.2 Å². The Balaban J connectivity index is 2.99. The average molecular weight is 281 g/mol. The molecule has 0 heterocycles. The van der Waals surface area contributed by atoms with Gasteiger partial charge in [-0.3, -0.25) is 14.9 Å². The maximum Gasteiger partial charge on any atom is 0.333 e. The van der Waals surface area contributed by atoms with Crippen LogP contribution >= 0.6 is 0 Å². The third kappa shape index (κ3) is 4.42. The number of para-hydroxylation sites is 1. The Bertz CT molecular complexity index is 491. The second-order valence-electron chi connectivity index (χ2n) is 4.47. The van der Waals surface area contributed by atoms with Crippen molar-refractivity contribution in [2.75, 3.05) is 11.9 Å². The predicted octanol–water partition coefficient (Wildman–Crippen LogP) is 2.06. The van der Waals surface area contributed by atoms with Crippen LogP contribution in [0.25, 0.3) is 0 Å². The number of nitrogens with one attached hydrogen (secondary N) is 1. The van der Waals surface area contributed by atoms with Gasteiger partial charge in [-0.15, -0.1) is 0 Å². The van der Waals surface area contributed by atoms with Crippen LogP contribution < -0.4 is 15.8 Å². The second-order valence-corrected chi connectivity index (χ2v) is 4.47. The van der Waals surface area contributed by atoms with E-state index in [0.717, 1.165) is 6.42 Å². The number of nitro benzene ring substituents is 1. The molecule has 0 aliphatic heterocycles. The predicted molar refractivity (Wildman–Crippen MR) is 75.8 cm³/mol. The Morgan fingerprint density at radius 3 is 2.80 bits per heavy atom. The van der Waals surface area contributed by atoms with Gasteiger partial charge in [-0.05, 0) is 25.5 Å². The summed E-state index contributed by atoms with van der Waals surface area (Å²) in [5.74, 6) is -0.251. The van der Waals surface area contributed by atoms with E-state index in [0.29, 0.717) is 12.3 Å². The topological polar surface area (TPSA) is 107 Å². The molecule has 7 nitrogen and oxygen atoms in total. The molecule has 0 saturated carbocycles. The molecule has 1 aromatic carbocycles. The number of ether oxygens (including phenoxy) is 1. The van der Waals surface area contributed by atoms with Crippen molar-refractivity contribution < 1.29 is 14.5 Å². The number of rotatable bonds is 8. The molecule has 0 bridgehead atoms. The number of nitro groups is 1. The third-order valence-corrected chi connectivity index (χ3v) is 2.55. The molecule has 0 saturated heterocycles. The molecular weight excluding hydrogens is 262 g/mol. The van der Waals surface area contributed by atoms with Gasteiger partial charge in [0.25, 0.3) is 0 Å². The first-order valence-electron chi connectivity index (χ1n) is 6.40. The van der Waals surface area contributed by atoms with Crippen LogP contribution in [0.2, 0.25) is 0 Å². The first kappa shape index (κ1) is 15.7. The summed E-state index contributed by atoms with van der Waals surface area (Å²) in [5.41, 5.74) is 5.29. The largest absolute Gasteiger partial charge is 0.487 e. The highest BCUT2D eigenvalue weighted by molar-refractivity contribution is 5.75. The minimum Gasteiger partial charge on any atom is -0.487 e. The van der Waals surface area contributed by atoms with Crippen LogP contribution in [0.5, 0.6) is 5.75 Å². The number of hydrogen-bond donors (Lipinski definition) is 2. The lowest BCUT2D eigenvalue weighted by Gasteiger charge is -2.15. The number of primary amides is 1. The van der Waals surface area contributed by atoms with Gasteiger partial charge in [0.05, 0.1) is 11.5 Å². The maximum atomic E-state index is 11.2. The Morgan fingerprint density at radius 2 is 2.25 bits per heavy atom. The zero-order valence-electron chi connectivity index (χ0n) is 11.6. The zero-order chi connectivity index (χ0) is 15.1. The van der Waals surface area contributed by atoms with E-state index in [1.54, 1.807) is 25.1 Å². The molecule has 0 aliphatic carbocycles. The lowest BCUT2D eigenvalue weighted by Crippen LogP contribution is -2.24. The number of nitrogens with two attached hydrogens (primary N) is 1. The van der Waals surface area contributed by atoms with E-state index in [1.807, 2.05) is 6.92 Å². The van der Waals surface area contributed by atoms with Gasteiger partial charge >= 0.3 is 5.69 Å². The number of nitrogens with zero attached hydrogens (tertiary/aromatic N) is 1. The summed E-state index contributed by atoms with van der Waals surface area (Å²) in [5, 5.41) is 14.1. The number of hydrogen-bond acceptors (Lipinski definition) is 5. The lowest BCUT2D eigenvalue weighted by atomic mass is 10.2. The van der Waals surface area contributed by atoms with E-state index >= 15 is 0 Å². The Hall–Kier alpha value is -2.31. The van der Waals surface area contributed by atoms with Gasteiger partial charge in [0.2, 0.25) is 5.91 Å². The number of amides is 1. The molecule has 0 fully saturated rings. The number of anilines is 1. The molecule has 0 aliphatic rings. The summed E-state index contributed by atoms with van der Waals surface area (Å²) >= 11 is 0. The van der Waals surface area contributed by atoms with E-state index in [9.17, 15) is 14.9 Å².